The lowest BCUT2D eigenvalue weighted by atomic mass is 10.2. The van der Waals surface area contributed by atoms with E-state index >= 15 is 0 Å². The number of benzene rings is 1. The number of carbonyl (C=O) groups is 1. The molecule has 0 aliphatic rings. The van der Waals surface area contributed by atoms with Gasteiger partial charge in [-0.15, -0.1) is 0 Å². The SMILES string of the molecule is CN(CCCC(=O)O)Cc1nc2ccc(Cl)cc2c(=O)[nH]1. The molecular weight excluding hydrogens is 294 g/mol. The second-order valence-electron chi connectivity index (χ2n) is 4.91. The number of rotatable bonds is 6. The molecule has 0 aliphatic heterocycles. The molecule has 0 saturated carbocycles. The van der Waals surface area contributed by atoms with E-state index in [0.717, 1.165) is 0 Å². The standard InChI is InChI=1S/C14H16ClN3O3/c1-18(6-2-3-13(19)20)8-12-16-11-5-4-9(15)7-10(11)14(21)17-12/h4-5,7H,2-3,6,8H2,1H3,(H,19,20)(H,16,17,21). The summed E-state index contributed by atoms with van der Waals surface area (Å²) in [6, 6.07) is 4.99. The monoisotopic (exact) mass is 309 g/mol. The quantitative estimate of drug-likeness (QED) is 0.850. The third kappa shape index (κ3) is 4.27. The zero-order valence-electron chi connectivity index (χ0n) is 11.6. The number of aromatic amines is 1. The maximum atomic E-state index is 12.0. The van der Waals surface area contributed by atoms with Gasteiger partial charge in [0.05, 0.1) is 17.4 Å². The van der Waals surface area contributed by atoms with Gasteiger partial charge in [0.25, 0.3) is 5.56 Å². The van der Waals surface area contributed by atoms with Gasteiger partial charge in [-0.05, 0) is 38.2 Å². The Morgan fingerprint density at radius 2 is 2.24 bits per heavy atom. The lowest BCUT2D eigenvalue weighted by molar-refractivity contribution is -0.137. The van der Waals surface area contributed by atoms with Crippen LogP contribution >= 0.6 is 11.6 Å². The van der Waals surface area contributed by atoms with E-state index in [1.807, 2.05) is 11.9 Å². The summed E-state index contributed by atoms with van der Waals surface area (Å²) in [5.41, 5.74) is 0.369. The zero-order valence-corrected chi connectivity index (χ0v) is 12.4. The van der Waals surface area contributed by atoms with E-state index in [1.165, 1.54) is 0 Å². The number of halogens is 1. The molecule has 0 atom stereocenters. The largest absolute Gasteiger partial charge is 0.481 e. The topological polar surface area (TPSA) is 86.3 Å². The van der Waals surface area contributed by atoms with Crippen molar-refractivity contribution in [2.24, 2.45) is 0 Å². The Bertz CT molecular complexity index is 714. The molecular formula is C14H16ClN3O3. The number of nitrogens with zero attached hydrogens (tertiary/aromatic N) is 2. The first kappa shape index (κ1) is 15.5. The second kappa shape index (κ2) is 6.69. The first-order chi connectivity index (χ1) is 9.95. The fourth-order valence-corrected chi connectivity index (χ4v) is 2.24. The molecule has 0 radical (unpaired) electrons. The van der Waals surface area contributed by atoms with Gasteiger partial charge in [0.1, 0.15) is 5.82 Å². The van der Waals surface area contributed by atoms with Crippen LogP contribution in [0.25, 0.3) is 10.9 Å². The molecule has 21 heavy (non-hydrogen) atoms. The van der Waals surface area contributed by atoms with Crippen molar-refractivity contribution in [1.82, 2.24) is 14.9 Å². The molecule has 0 amide bonds. The fraction of sp³-hybridized carbons (Fsp3) is 0.357. The summed E-state index contributed by atoms with van der Waals surface area (Å²) in [5.74, 6) is -0.259. The minimum absolute atomic E-state index is 0.129. The predicted molar refractivity (Wildman–Crippen MR) is 80.6 cm³/mol. The Balaban J connectivity index is 2.10. The number of fused-ring (bicyclic) bond motifs is 1. The van der Waals surface area contributed by atoms with Crippen molar-refractivity contribution < 1.29 is 9.90 Å². The average Bonchev–Trinajstić information content (AvgIpc) is 2.39. The maximum absolute atomic E-state index is 12.0. The van der Waals surface area contributed by atoms with Crippen LogP contribution in [-0.2, 0) is 11.3 Å². The van der Waals surface area contributed by atoms with Crippen LogP contribution in [0.1, 0.15) is 18.7 Å². The Hall–Kier alpha value is -1.92. The van der Waals surface area contributed by atoms with E-state index < -0.39 is 5.97 Å². The van der Waals surface area contributed by atoms with Gasteiger partial charge in [0.2, 0.25) is 0 Å². The summed E-state index contributed by atoms with van der Waals surface area (Å²) < 4.78 is 0. The highest BCUT2D eigenvalue weighted by atomic mass is 35.5. The molecule has 2 aromatic rings. The highest BCUT2D eigenvalue weighted by Crippen LogP contribution is 2.14. The number of hydrogen-bond acceptors (Lipinski definition) is 4. The zero-order chi connectivity index (χ0) is 15.4. The Morgan fingerprint density at radius 1 is 1.48 bits per heavy atom. The van der Waals surface area contributed by atoms with Crippen LogP contribution in [0, 0.1) is 0 Å². The van der Waals surface area contributed by atoms with Crippen LogP contribution in [-0.4, -0.2) is 39.5 Å². The van der Waals surface area contributed by atoms with Gasteiger partial charge in [-0.1, -0.05) is 11.6 Å². The molecule has 2 rings (SSSR count). The van der Waals surface area contributed by atoms with Crippen molar-refractivity contribution in [2.75, 3.05) is 13.6 Å². The molecule has 1 aromatic heterocycles. The molecule has 7 heteroatoms. The van der Waals surface area contributed by atoms with Gasteiger partial charge in [-0.3, -0.25) is 14.5 Å². The number of carboxylic acid groups (broad SMARTS) is 1. The van der Waals surface area contributed by atoms with E-state index in [0.29, 0.717) is 41.3 Å². The molecule has 0 unspecified atom stereocenters. The summed E-state index contributed by atoms with van der Waals surface area (Å²) in [7, 11) is 1.86. The minimum atomic E-state index is -0.808. The van der Waals surface area contributed by atoms with Crippen LogP contribution in [0.15, 0.2) is 23.0 Å². The summed E-state index contributed by atoms with van der Waals surface area (Å²) in [6.45, 7) is 1.07. The number of H-pyrrole nitrogens is 1. The first-order valence-corrected chi connectivity index (χ1v) is 6.92. The normalized spacial score (nSPS) is 11.2. The number of aromatic nitrogens is 2. The smallest absolute Gasteiger partial charge is 0.303 e. The van der Waals surface area contributed by atoms with Crippen LogP contribution < -0.4 is 5.56 Å². The van der Waals surface area contributed by atoms with Gasteiger partial charge in [0.15, 0.2) is 0 Å². The van der Waals surface area contributed by atoms with Gasteiger partial charge >= 0.3 is 5.97 Å². The van der Waals surface area contributed by atoms with Crippen LogP contribution in [0.2, 0.25) is 5.02 Å². The Morgan fingerprint density at radius 3 is 2.95 bits per heavy atom. The molecule has 2 N–H and O–H groups in total. The lowest BCUT2D eigenvalue weighted by Crippen LogP contribution is -2.23. The number of aliphatic carboxylic acids is 1. The Kier molecular flexibility index (Phi) is 4.93. The summed E-state index contributed by atoms with van der Waals surface area (Å²) >= 11 is 5.86. The summed E-state index contributed by atoms with van der Waals surface area (Å²) in [5, 5.41) is 9.56. The van der Waals surface area contributed by atoms with Crippen molar-refractivity contribution in [3.8, 4) is 0 Å². The molecule has 0 fully saturated rings. The summed E-state index contributed by atoms with van der Waals surface area (Å²) in [4.78, 5) is 31.5. The van der Waals surface area contributed by atoms with Gasteiger partial charge < -0.3 is 10.1 Å². The molecule has 112 valence electrons. The highest BCUT2D eigenvalue weighted by molar-refractivity contribution is 6.31. The van der Waals surface area contributed by atoms with Gasteiger partial charge in [-0.25, -0.2) is 4.98 Å². The molecule has 0 aliphatic carbocycles. The third-order valence-corrected chi connectivity index (χ3v) is 3.30. The van der Waals surface area contributed by atoms with E-state index in [9.17, 15) is 9.59 Å². The number of hydrogen-bond donors (Lipinski definition) is 2. The molecule has 6 nitrogen and oxygen atoms in total. The van der Waals surface area contributed by atoms with Crippen LogP contribution in [0.5, 0.6) is 0 Å². The minimum Gasteiger partial charge on any atom is -0.481 e. The van der Waals surface area contributed by atoms with Crippen LogP contribution in [0.4, 0.5) is 0 Å². The molecule has 0 spiro atoms. The molecule has 0 saturated heterocycles. The molecule has 1 heterocycles. The predicted octanol–water partition coefficient (Wildman–Crippen LogP) is 1.87. The van der Waals surface area contributed by atoms with Crippen molar-refractivity contribution >= 4 is 28.5 Å². The first-order valence-electron chi connectivity index (χ1n) is 6.54. The van der Waals surface area contributed by atoms with E-state index in [2.05, 4.69) is 9.97 Å². The number of carboxylic acids is 1. The molecule has 1 aromatic carbocycles. The molecule has 0 bridgehead atoms. The second-order valence-corrected chi connectivity index (χ2v) is 5.35. The lowest BCUT2D eigenvalue weighted by Gasteiger charge is -2.15. The third-order valence-electron chi connectivity index (χ3n) is 3.07. The number of nitrogens with one attached hydrogen (secondary N) is 1. The fourth-order valence-electron chi connectivity index (χ4n) is 2.07. The summed E-state index contributed by atoms with van der Waals surface area (Å²) in [6.07, 6.45) is 0.684. The van der Waals surface area contributed by atoms with E-state index in [4.69, 9.17) is 16.7 Å². The van der Waals surface area contributed by atoms with Gasteiger partial charge in [-0.2, -0.15) is 0 Å². The van der Waals surface area contributed by atoms with Crippen molar-refractivity contribution in [3.05, 3.63) is 39.4 Å². The Labute approximate surface area is 126 Å². The van der Waals surface area contributed by atoms with Crippen LogP contribution in [0.3, 0.4) is 0 Å². The highest BCUT2D eigenvalue weighted by Gasteiger charge is 2.07. The average molecular weight is 310 g/mol. The van der Waals surface area contributed by atoms with Crippen molar-refractivity contribution in [3.63, 3.8) is 0 Å². The van der Waals surface area contributed by atoms with Crippen molar-refractivity contribution in [1.29, 1.82) is 0 Å². The van der Waals surface area contributed by atoms with E-state index in [1.54, 1.807) is 18.2 Å². The van der Waals surface area contributed by atoms with Gasteiger partial charge in [0, 0.05) is 11.4 Å². The van der Waals surface area contributed by atoms with Crippen molar-refractivity contribution in [2.45, 2.75) is 19.4 Å². The van der Waals surface area contributed by atoms with E-state index in [-0.39, 0.29) is 12.0 Å². The maximum Gasteiger partial charge on any atom is 0.303 e.